The molecule has 2 atom stereocenters. The van der Waals surface area contributed by atoms with Crippen molar-refractivity contribution in [2.24, 2.45) is 5.92 Å². The molecular weight excluding hydrogens is 314 g/mol. The summed E-state index contributed by atoms with van der Waals surface area (Å²) in [6.45, 7) is 3.11. The van der Waals surface area contributed by atoms with E-state index in [0.717, 1.165) is 21.5 Å². The molecule has 2 aromatic heterocycles. The smallest absolute Gasteiger partial charge is 0.257 e. The molecule has 0 bridgehead atoms. The average molecular weight is 333 g/mol. The van der Waals surface area contributed by atoms with Gasteiger partial charge in [0.15, 0.2) is 0 Å². The number of hydrogen-bond donors (Lipinski definition) is 2. The number of carbonyl (C=O) groups excluding carboxylic acids is 1. The van der Waals surface area contributed by atoms with E-state index in [0.29, 0.717) is 12.0 Å². The Morgan fingerprint density at radius 3 is 3.05 bits per heavy atom. The Morgan fingerprint density at radius 2 is 2.32 bits per heavy atom. The van der Waals surface area contributed by atoms with E-state index in [-0.39, 0.29) is 5.91 Å². The molecule has 2 saturated carbocycles. The Balaban J connectivity index is 1.34. The third-order valence-electron chi connectivity index (χ3n) is 4.26. The lowest BCUT2D eigenvalue weighted by molar-refractivity contribution is 0.102. The van der Waals surface area contributed by atoms with Gasteiger partial charge in [0.1, 0.15) is 5.00 Å². The minimum absolute atomic E-state index is 0.0331. The monoisotopic (exact) mass is 333 g/mol. The topological polar surface area (TPSA) is 54.0 Å². The lowest BCUT2D eigenvalue weighted by Crippen LogP contribution is -2.20. The number of hydrogen-bond acceptors (Lipinski definition) is 5. The number of nitrogens with one attached hydrogen (secondary N) is 2. The van der Waals surface area contributed by atoms with Gasteiger partial charge in [-0.25, -0.2) is 4.98 Å². The quantitative estimate of drug-likeness (QED) is 0.849. The predicted molar refractivity (Wildman–Crippen MR) is 91.0 cm³/mol. The van der Waals surface area contributed by atoms with Crippen molar-refractivity contribution in [3.8, 4) is 0 Å². The normalized spacial score (nSPS) is 23.5. The molecule has 6 heteroatoms. The first kappa shape index (κ1) is 14.4. The second-order valence-corrected chi connectivity index (χ2v) is 8.41. The summed E-state index contributed by atoms with van der Waals surface area (Å²) in [7, 11) is 0. The van der Waals surface area contributed by atoms with E-state index in [1.54, 1.807) is 17.5 Å². The Labute approximate surface area is 138 Å². The highest BCUT2D eigenvalue weighted by Gasteiger charge is 2.40. The van der Waals surface area contributed by atoms with Gasteiger partial charge in [-0.1, -0.05) is 0 Å². The summed E-state index contributed by atoms with van der Waals surface area (Å²) in [5.41, 5.74) is 0.763. The van der Waals surface area contributed by atoms with Crippen LogP contribution in [0.5, 0.6) is 0 Å². The first-order valence-electron chi connectivity index (χ1n) is 7.74. The highest BCUT2D eigenvalue weighted by molar-refractivity contribution is 7.15. The summed E-state index contributed by atoms with van der Waals surface area (Å²) in [6, 6.07) is 2.68. The van der Waals surface area contributed by atoms with Crippen LogP contribution in [0.1, 0.15) is 45.4 Å². The van der Waals surface area contributed by atoms with Crippen LogP contribution in [-0.4, -0.2) is 23.5 Å². The van der Waals surface area contributed by atoms with E-state index in [1.165, 1.54) is 42.0 Å². The molecule has 2 unspecified atom stereocenters. The maximum absolute atomic E-state index is 12.2. The molecule has 4 nitrogen and oxygen atoms in total. The average Bonchev–Trinajstić information content (AvgIpc) is 3.38. The largest absolute Gasteiger partial charge is 0.313 e. The number of thiophene rings is 1. The summed E-state index contributed by atoms with van der Waals surface area (Å²) in [4.78, 5) is 17.7. The van der Waals surface area contributed by atoms with Crippen LogP contribution in [0.2, 0.25) is 0 Å². The number of aryl methyl sites for hydroxylation is 1. The number of rotatable bonds is 6. The van der Waals surface area contributed by atoms with Gasteiger partial charge in [-0.2, -0.15) is 0 Å². The van der Waals surface area contributed by atoms with E-state index < -0.39 is 0 Å². The van der Waals surface area contributed by atoms with E-state index in [2.05, 4.69) is 21.7 Å². The van der Waals surface area contributed by atoms with Gasteiger partial charge in [0.05, 0.1) is 16.8 Å². The van der Waals surface area contributed by atoms with Crippen LogP contribution < -0.4 is 10.6 Å². The maximum Gasteiger partial charge on any atom is 0.257 e. The van der Waals surface area contributed by atoms with Crippen LogP contribution in [0, 0.1) is 12.8 Å². The molecule has 2 aliphatic rings. The minimum Gasteiger partial charge on any atom is -0.313 e. The third kappa shape index (κ3) is 3.24. The van der Waals surface area contributed by atoms with Crippen molar-refractivity contribution in [2.45, 2.75) is 38.1 Å². The van der Waals surface area contributed by atoms with Gasteiger partial charge in [0.2, 0.25) is 0 Å². The molecule has 0 aliphatic heterocycles. The van der Waals surface area contributed by atoms with Crippen LogP contribution in [0.15, 0.2) is 17.6 Å². The van der Waals surface area contributed by atoms with Crippen molar-refractivity contribution in [2.75, 3.05) is 11.9 Å². The van der Waals surface area contributed by atoms with Crippen LogP contribution in [0.3, 0.4) is 0 Å². The molecule has 4 rings (SSSR count). The molecule has 116 valence electrons. The number of carbonyl (C=O) groups is 1. The first-order valence-corrected chi connectivity index (χ1v) is 9.44. The van der Waals surface area contributed by atoms with Gasteiger partial charge >= 0.3 is 0 Å². The fourth-order valence-electron chi connectivity index (χ4n) is 2.64. The Hall–Kier alpha value is -1.24. The molecule has 1 amide bonds. The molecule has 2 aliphatic carbocycles. The zero-order chi connectivity index (χ0) is 15.1. The molecule has 2 fully saturated rings. The maximum atomic E-state index is 12.2. The summed E-state index contributed by atoms with van der Waals surface area (Å²) < 4.78 is 0. The van der Waals surface area contributed by atoms with Gasteiger partial charge in [0.25, 0.3) is 5.91 Å². The van der Waals surface area contributed by atoms with E-state index in [4.69, 9.17) is 0 Å². The summed E-state index contributed by atoms with van der Waals surface area (Å²) in [5.74, 6) is 1.50. The van der Waals surface area contributed by atoms with Gasteiger partial charge in [-0.3, -0.25) is 4.79 Å². The van der Waals surface area contributed by atoms with Gasteiger partial charge < -0.3 is 10.6 Å². The molecule has 2 N–H and O–H groups in total. The highest BCUT2D eigenvalue weighted by atomic mass is 32.1. The summed E-state index contributed by atoms with van der Waals surface area (Å²) >= 11 is 3.21. The van der Waals surface area contributed by atoms with E-state index in [9.17, 15) is 4.79 Å². The van der Waals surface area contributed by atoms with E-state index >= 15 is 0 Å². The Bertz CT molecular complexity index is 689. The number of anilines is 1. The molecule has 0 spiro atoms. The van der Waals surface area contributed by atoms with Crippen molar-refractivity contribution in [3.63, 3.8) is 0 Å². The summed E-state index contributed by atoms with van der Waals surface area (Å²) in [5, 5.41) is 10.3. The number of nitrogens with zero attached hydrogens (tertiary/aromatic N) is 1. The van der Waals surface area contributed by atoms with E-state index in [1.807, 2.05) is 12.3 Å². The second kappa shape index (κ2) is 5.76. The van der Waals surface area contributed by atoms with Gasteiger partial charge in [-0.05, 0) is 44.7 Å². The fourth-order valence-corrected chi connectivity index (χ4v) is 4.39. The molecule has 0 radical (unpaired) electrons. The van der Waals surface area contributed by atoms with Crippen molar-refractivity contribution in [1.82, 2.24) is 10.3 Å². The van der Waals surface area contributed by atoms with Crippen molar-refractivity contribution in [3.05, 3.63) is 33.1 Å². The van der Waals surface area contributed by atoms with Crippen LogP contribution >= 0.6 is 22.7 Å². The Morgan fingerprint density at radius 1 is 1.45 bits per heavy atom. The lowest BCUT2D eigenvalue weighted by atomic mass is 10.2. The zero-order valence-electron chi connectivity index (χ0n) is 12.5. The molecule has 2 heterocycles. The minimum atomic E-state index is -0.0331. The van der Waals surface area contributed by atoms with Crippen LogP contribution in [0.4, 0.5) is 5.00 Å². The Kier molecular flexibility index (Phi) is 3.76. The number of thiazole rings is 1. The predicted octanol–water partition coefficient (Wildman–Crippen LogP) is 3.62. The number of amides is 1. The van der Waals surface area contributed by atoms with Crippen LogP contribution in [0.25, 0.3) is 0 Å². The molecule has 0 aromatic carbocycles. The third-order valence-corrected chi connectivity index (χ3v) is 6.15. The van der Waals surface area contributed by atoms with Gasteiger partial charge in [-0.15, -0.1) is 22.7 Å². The van der Waals surface area contributed by atoms with Crippen molar-refractivity contribution in [1.29, 1.82) is 0 Å². The first-order chi connectivity index (χ1) is 10.7. The zero-order valence-corrected chi connectivity index (χ0v) is 14.1. The van der Waals surface area contributed by atoms with Crippen molar-refractivity contribution < 1.29 is 4.79 Å². The standard InChI is InChI=1S/C16H19N3OS2/c1-9-17-7-15(22-9)19-16(20)11-4-14(21-8-11)12-5-13(12)18-6-10-2-3-10/h4,7-8,10,12-13,18H,2-3,5-6H2,1H3,(H,19,20). The lowest BCUT2D eigenvalue weighted by Gasteiger charge is -2.01. The SMILES string of the molecule is Cc1ncc(NC(=O)c2csc(C3CC3NCC3CC3)c2)s1. The molecule has 22 heavy (non-hydrogen) atoms. The molecule has 2 aromatic rings. The summed E-state index contributed by atoms with van der Waals surface area (Å²) in [6.07, 6.45) is 5.71. The second-order valence-electron chi connectivity index (χ2n) is 6.24. The van der Waals surface area contributed by atoms with Gasteiger partial charge in [0, 0.05) is 22.2 Å². The number of aromatic nitrogens is 1. The highest BCUT2D eigenvalue weighted by Crippen LogP contribution is 2.44. The molecular formula is C16H19N3OS2. The molecule has 0 saturated heterocycles. The van der Waals surface area contributed by atoms with Crippen molar-refractivity contribution >= 4 is 33.6 Å². The van der Waals surface area contributed by atoms with Crippen LogP contribution in [-0.2, 0) is 0 Å². The fraction of sp³-hybridized carbons (Fsp3) is 0.500.